The molecular weight excluding hydrogens is 586 g/mol. The van der Waals surface area contributed by atoms with Crippen LogP contribution in [0.3, 0.4) is 0 Å². The molecule has 2 aromatic carbocycles. The number of likely N-dealkylation sites (tertiary alicyclic amines) is 2. The molecule has 244 valence electrons. The molecule has 8 nitrogen and oxygen atoms in total. The fraction of sp³-hybridized carbons (Fsp3) is 0.583. The molecule has 2 fully saturated rings. The third kappa shape index (κ3) is 8.87. The molecule has 0 radical (unpaired) electrons. The molecule has 2 N–H and O–H groups in total. The van der Waals surface area contributed by atoms with Gasteiger partial charge in [-0.15, -0.1) is 0 Å². The lowest BCUT2D eigenvalue weighted by Gasteiger charge is -2.46. The zero-order valence-electron chi connectivity index (χ0n) is 27.1. The second-order valence-electron chi connectivity index (χ2n) is 13.5. The molecule has 3 aliphatic rings. The SMILES string of the molecule is CC(=O)N1CCC(N(CC(C)C)C2CCN(C(=O)C(Cc3ccc(Cl)cc3)NC(=O)CC3NCCc4ccccc43)CC2)CC1. The number of piperidine rings is 2. The molecule has 0 spiro atoms. The minimum atomic E-state index is -0.642. The number of nitrogens with one attached hydrogen (secondary N) is 2. The van der Waals surface area contributed by atoms with Crippen molar-refractivity contribution in [3.8, 4) is 0 Å². The van der Waals surface area contributed by atoms with Gasteiger partial charge in [0.15, 0.2) is 0 Å². The normalized spacial score (nSPS) is 20.3. The summed E-state index contributed by atoms with van der Waals surface area (Å²) >= 11 is 6.14. The maximum atomic E-state index is 14.1. The molecule has 0 saturated carbocycles. The Morgan fingerprint density at radius 2 is 1.56 bits per heavy atom. The summed E-state index contributed by atoms with van der Waals surface area (Å²) in [7, 11) is 0. The monoisotopic (exact) mass is 635 g/mol. The van der Waals surface area contributed by atoms with Gasteiger partial charge in [-0.3, -0.25) is 19.3 Å². The van der Waals surface area contributed by atoms with E-state index >= 15 is 0 Å². The molecule has 0 aliphatic carbocycles. The van der Waals surface area contributed by atoms with Crippen LogP contribution in [-0.4, -0.2) is 89.8 Å². The Bertz CT molecular complexity index is 1300. The van der Waals surface area contributed by atoms with E-state index in [0.717, 1.165) is 63.8 Å². The zero-order chi connectivity index (χ0) is 31.9. The molecule has 0 bridgehead atoms. The Balaban J connectivity index is 1.23. The lowest BCUT2D eigenvalue weighted by atomic mass is 9.92. The molecule has 2 aromatic rings. The van der Waals surface area contributed by atoms with Crippen LogP contribution in [0.25, 0.3) is 0 Å². The highest BCUT2D eigenvalue weighted by Gasteiger charge is 2.35. The van der Waals surface area contributed by atoms with Crippen molar-refractivity contribution >= 4 is 29.3 Å². The second-order valence-corrected chi connectivity index (χ2v) is 13.9. The van der Waals surface area contributed by atoms with E-state index in [4.69, 9.17) is 11.6 Å². The van der Waals surface area contributed by atoms with Crippen molar-refractivity contribution in [3.63, 3.8) is 0 Å². The van der Waals surface area contributed by atoms with E-state index < -0.39 is 6.04 Å². The molecule has 2 atom stereocenters. The van der Waals surface area contributed by atoms with Crippen LogP contribution >= 0.6 is 11.6 Å². The van der Waals surface area contributed by atoms with Crippen LogP contribution in [-0.2, 0) is 27.2 Å². The number of benzene rings is 2. The maximum absolute atomic E-state index is 14.1. The van der Waals surface area contributed by atoms with Crippen LogP contribution in [0.15, 0.2) is 48.5 Å². The minimum absolute atomic E-state index is 0.0149. The van der Waals surface area contributed by atoms with Crippen molar-refractivity contribution in [1.29, 1.82) is 0 Å². The van der Waals surface area contributed by atoms with E-state index in [9.17, 15) is 14.4 Å². The summed E-state index contributed by atoms with van der Waals surface area (Å²) in [5.41, 5.74) is 3.41. The number of carbonyl (C=O) groups is 3. The van der Waals surface area contributed by atoms with E-state index in [1.807, 2.05) is 46.2 Å². The summed E-state index contributed by atoms with van der Waals surface area (Å²) in [6.45, 7) is 11.0. The quantitative estimate of drug-likeness (QED) is 0.399. The lowest BCUT2D eigenvalue weighted by molar-refractivity contribution is -0.138. The van der Waals surface area contributed by atoms with Gasteiger partial charge < -0.3 is 20.4 Å². The Hall–Kier alpha value is -2.94. The van der Waals surface area contributed by atoms with E-state index in [2.05, 4.69) is 41.5 Å². The van der Waals surface area contributed by atoms with Gasteiger partial charge in [-0.05, 0) is 73.4 Å². The Morgan fingerprint density at radius 3 is 2.18 bits per heavy atom. The van der Waals surface area contributed by atoms with Crippen LogP contribution in [0, 0.1) is 5.92 Å². The highest BCUT2D eigenvalue weighted by Crippen LogP contribution is 2.28. The summed E-state index contributed by atoms with van der Waals surface area (Å²) in [5.74, 6) is 0.571. The first kappa shape index (κ1) is 33.4. The standard InChI is InChI=1S/C36H50ClN5O3/c1-25(2)24-42(30-13-18-40(19-14-30)26(3)43)31-15-20-41(21-16-31)36(45)34(22-27-8-10-29(37)11-9-27)39-35(44)23-33-32-7-5-4-6-28(32)12-17-38-33/h4-11,25,30-31,33-34,38H,12-24H2,1-3H3,(H,39,44). The number of hydrogen-bond acceptors (Lipinski definition) is 5. The smallest absolute Gasteiger partial charge is 0.245 e. The van der Waals surface area contributed by atoms with E-state index in [-0.39, 0.29) is 30.2 Å². The average molecular weight is 636 g/mol. The first-order chi connectivity index (χ1) is 21.7. The van der Waals surface area contributed by atoms with Crippen molar-refractivity contribution in [2.75, 3.05) is 39.3 Å². The number of rotatable bonds is 10. The van der Waals surface area contributed by atoms with Crippen molar-refractivity contribution in [2.45, 2.75) is 89.9 Å². The van der Waals surface area contributed by atoms with Gasteiger partial charge in [0.05, 0.1) is 0 Å². The van der Waals surface area contributed by atoms with Crippen molar-refractivity contribution < 1.29 is 14.4 Å². The van der Waals surface area contributed by atoms with Crippen LogP contribution < -0.4 is 10.6 Å². The summed E-state index contributed by atoms with van der Waals surface area (Å²) in [4.78, 5) is 46.0. The molecule has 45 heavy (non-hydrogen) atoms. The first-order valence-electron chi connectivity index (χ1n) is 16.8. The van der Waals surface area contributed by atoms with Crippen molar-refractivity contribution in [3.05, 3.63) is 70.2 Å². The molecule has 3 aliphatic heterocycles. The second kappa shape index (κ2) is 15.6. The molecule has 0 aromatic heterocycles. The van der Waals surface area contributed by atoms with Gasteiger partial charge in [0.1, 0.15) is 6.04 Å². The number of fused-ring (bicyclic) bond motifs is 1. The molecule has 2 saturated heterocycles. The van der Waals surface area contributed by atoms with Gasteiger partial charge in [0, 0.05) is 75.6 Å². The average Bonchev–Trinajstić information content (AvgIpc) is 3.04. The molecule has 2 unspecified atom stereocenters. The number of carbonyl (C=O) groups excluding carboxylic acids is 3. The lowest BCUT2D eigenvalue weighted by Crippen LogP contribution is -2.56. The van der Waals surface area contributed by atoms with Gasteiger partial charge >= 0.3 is 0 Å². The van der Waals surface area contributed by atoms with Gasteiger partial charge in [0.2, 0.25) is 17.7 Å². The van der Waals surface area contributed by atoms with Gasteiger partial charge in [-0.25, -0.2) is 0 Å². The summed E-state index contributed by atoms with van der Waals surface area (Å²) in [6, 6.07) is 16.0. The van der Waals surface area contributed by atoms with Crippen LogP contribution in [0.2, 0.25) is 5.02 Å². The summed E-state index contributed by atoms with van der Waals surface area (Å²) in [6.07, 6.45) is 5.49. The Kier molecular flexibility index (Phi) is 11.6. The first-order valence-corrected chi connectivity index (χ1v) is 17.2. The number of amides is 3. The molecule has 9 heteroatoms. The number of nitrogens with zero attached hydrogens (tertiary/aromatic N) is 3. The molecular formula is C36H50ClN5O3. The third-order valence-corrected chi connectivity index (χ3v) is 10.0. The third-order valence-electron chi connectivity index (χ3n) is 9.79. The fourth-order valence-electron chi connectivity index (χ4n) is 7.44. The van der Waals surface area contributed by atoms with Crippen LogP contribution in [0.4, 0.5) is 0 Å². The fourth-order valence-corrected chi connectivity index (χ4v) is 7.56. The minimum Gasteiger partial charge on any atom is -0.344 e. The van der Waals surface area contributed by atoms with E-state index in [0.29, 0.717) is 42.5 Å². The maximum Gasteiger partial charge on any atom is 0.245 e. The van der Waals surface area contributed by atoms with Crippen molar-refractivity contribution in [1.82, 2.24) is 25.3 Å². The highest BCUT2D eigenvalue weighted by atomic mass is 35.5. The van der Waals surface area contributed by atoms with Gasteiger partial charge in [-0.2, -0.15) is 0 Å². The molecule has 3 heterocycles. The Morgan fingerprint density at radius 1 is 0.933 bits per heavy atom. The van der Waals surface area contributed by atoms with Crippen LogP contribution in [0.1, 0.15) is 75.6 Å². The van der Waals surface area contributed by atoms with Gasteiger partial charge in [0.25, 0.3) is 0 Å². The topological polar surface area (TPSA) is 85.0 Å². The predicted molar refractivity (Wildman–Crippen MR) is 179 cm³/mol. The highest BCUT2D eigenvalue weighted by molar-refractivity contribution is 6.30. The largest absolute Gasteiger partial charge is 0.344 e. The van der Waals surface area contributed by atoms with Crippen LogP contribution in [0.5, 0.6) is 0 Å². The summed E-state index contributed by atoms with van der Waals surface area (Å²) in [5, 5.41) is 7.28. The summed E-state index contributed by atoms with van der Waals surface area (Å²) < 4.78 is 0. The Labute approximate surface area is 273 Å². The predicted octanol–water partition coefficient (Wildman–Crippen LogP) is 4.60. The van der Waals surface area contributed by atoms with Gasteiger partial charge in [-0.1, -0.05) is 61.8 Å². The molecule has 3 amide bonds. The van der Waals surface area contributed by atoms with Crippen molar-refractivity contribution in [2.24, 2.45) is 5.92 Å². The zero-order valence-corrected chi connectivity index (χ0v) is 27.9. The van der Waals surface area contributed by atoms with E-state index in [1.165, 1.54) is 11.1 Å². The number of halogens is 1. The van der Waals surface area contributed by atoms with E-state index in [1.54, 1.807) is 6.92 Å². The molecule has 5 rings (SSSR count). The number of hydrogen-bond donors (Lipinski definition) is 2.